The van der Waals surface area contributed by atoms with Crippen LogP contribution in [0.25, 0.3) is 0 Å². The summed E-state index contributed by atoms with van der Waals surface area (Å²) in [6.07, 6.45) is 1.12. The van der Waals surface area contributed by atoms with Crippen molar-refractivity contribution in [1.82, 2.24) is 0 Å². The van der Waals surface area contributed by atoms with Gasteiger partial charge in [0.1, 0.15) is 12.4 Å². The van der Waals surface area contributed by atoms with Gasteiger partial charge in [-0.25, -0.2) is 4.39 Å². The van der Waals surface area contributed by atoms with Gasteiger partial charge in [-0.2, -0.15) is 0 Å². The molecular weight excluding hydrogens is 401 g/mol. The number of ether oxygens (including phenoxy) is 1. The molecule has 0 aromatic heterocycles. The molecule has 0 bridgehead atoms. The van der Waals surface area contributed by atoms with Gasteiger partial charge < -0.3 is 15.4 Å². The summed E-state index contributed by atoms with van der Waals surface area (Å²) in [4.78, 5) is 38.1. The van der Waals surface area contributed by atoms with E-state index in [1.54, 1.807) is 24.3 Å². The van der Waals surface area contributed by atoms with E-state index < -0.39 is 23.6 Å². The molecule has 0 spiro atoms. The van der Waals surface area contributed by atoms with Crippen LogP contribution in [0.5, 0.6) is 0 Å². The van der Waals surface area contributed by atoms with Gasteiger partial charge in [0, 0.05) is 11.8 Å². The summed E-state index contributed by atoms with van der Waals surface area (Å²) in [7, 11) is 1.26. The molecule has 0 fully saturated rings. The molecule has 1 aliphatic heterocycles. The molecule has 0 unspecified atom stereocenters. The molecular formula is C20H17ClFN3O4. The first-order valence-corrected chi connectivity index (χ1v) is 8.95. The average Bonchev–Trinajstić information content (AvgIpc) is 2.80. The third-order valence-corrected chi connectivity index (χ3v) is 4.44. The van der Waals surface area contributed by atoms with Crippen LogP contribution >= 0.6 is 11.6 Å². The van der Waals surface area contributed by atoms with Crippen LogP contribution in [0.2, 0.25) is 5.02 Å². The number of benzene rings is 2. The van der Waals surface area contributed by atoms with Gasteiger partial charge in [0.05, 0.1) is 35.6 Å². The van der Waals surface area contributed by atoms with Crippen LogP contribution in [0.15, 0.2) is 54.2 Å². The molecule has 0 saturated carbocycles. The van der Waals surface area contributed by atoms with Crippen LogP contribution in [0.1, 0.15) is 6.42 Å². The lowest BCUT2D eigenvalue weighted by Crippen LogP contribution is -2.37. The number of fused-ring (bicyclic) bond motifs is 1. The number of hydrogen-bond acceptors (Lipinski definition) is 5. The van der Waals surface area contributed by atoms with Crippen LogP contribution < -0.4 is 15.5 Å². The van der Waals surface area contributed by atoms with Gasteiger partial charge in [-0.3, -0.25) is 19.3 Å². The number of amides is 2. The van der Waals surface area contributed by atoms with E-state index in [0.717, 1.165) is 6.07 Å². The van der Waals surface area contributed by atoms with Gasteiger partial charge in [0.2, 0.25) is 5.91 Å². The minimum absolute atomic E-state index is 0.0443. The molecule has 0 atom stereocenters. The number of anilines is 3. The van der Waals surface area contributed by atoms with E-state index >= 15 is 0 Å². The Morgan fingerprint density at radius 2 is 2.00 bits per heavy atom. The molecule has 1 aliphatic rings. The van der Waals surface area contributed by atoms with Crippen LogP contribution in [0, 0.1) is 5.82 Å². The summed E-state index contributed by atoms with van der Waals surface area (Å²) in [6.45, 7) is -0.312. The summed E-state index contributed by atoms with van der Waals surface area (Å²) < 4.78 is 17.8. The van der Waals surface area contributed by atoms with Crippen molar-refractivity contribution >= 4 is 46.4 Å². The smallest absolute Gasteiger partial charge is 0.311 e. The second-order valence-corrected chi connectivity index (χ2v) is 6.57. The SMILES string of the molecule is COC(=O)CC1=CC(=O)N(CC(=O)Nc2ccc(F)cc2Cl)c2ccccc2N1. The zero-order valence-corrected chi connectivity index (χ0v) is 16.1. The zero-order chi connectivity index (χ0) is 21.0. The largest absolute Gasteiger partial charge is 0.469 e. The van der Waals surface area contributed by atoms with Crippen molar-refractivity contribution in [3.63, 3.8) is 0 Å². The third-order valence-electron chi connectivity index (χ3n) is 4.12. The van der Waals surface area contributed by atoms with Crippen LogP contribution in [-0.4, -0.2) is 31.4 Å². The molecule has 1 heterocycles. The maximum atomic E-state index is 13.2. The molecule has 2 aromatic carbocycles. The summed E-state index contributed by atoms with van der Waals surface area (Å²) in [6, 6.07) is 10.5. The number of esters is 1. The van der Waals surface area contributed by atoms with E-state index in [1.807, 2.05) is 0 Å². The van der Waals surface area contributed by atoms with Crippen molar-refractivity contribution in [2.45, 2.75) is 6.42 Å². The number of nitrogens with zero attached hydrogens (tertiary/aromatic N) is 1. The lowest BCUT2D eigenvalue weighted by Gasteiger charge is -2.22. The van der Waals surface area contributed by atoms with Gasteiger partial charge >= 0.3 is 5.97 Å². The maximum Gasteiger partial charge on any atom is 0.311 e. The average molecular weight is 418 g/mol. The fraction of sp³-hybridized carbons (Fsp3) is 0.150. The summed E-state index contributed by atoms with van der Waals surface area (Å²) >= 11 is 5.93. The Hall–Kier alpha value is -3.39. The zero-order valence-electron chi connectivity index (χ0n) is 15.4. The summed E-state index contributed by atoms with van der Waals surface area (Å²) in [5.41, 5.74) is 1.60. The topological polar surface area (TPSA) is 87.7 Å². The second-order valence-electron chi connectivity index (χ2n) is 6.16. The van der Waals surface area contributed by atoms with Crippen LogP contribution in [0.4, 0.5) is 21.5 Å². The standard InChI is InChI=1S/C20H17ClFN3O4/c1-29-20(28)10-13-9-19(27)25(17-5-3-2-4-16(17)23-13)11-18(26)24-15-7-6-12(22)8-14(15)21/h2-9,23H,10-11H2,1H3,(H,24,26). The predicted octanol–water partition coefficient (Wildman–Crippen LogP) is 3.32. The highest BCUT2D eigenvalue weighted by atomic mass is 35.5. The molecule has 150 valence electrons. The van der Waals surface area contributed by atoms with Gasteiger partial charge in [-0.05, 0) is 30.3 Å². The monoisotopic (exact) mass is 417 g/mol. The molecule has 7 nitrogen and oxygen atoms in total. The minimum atomic E-state index is -0.529. The molecule has 9 heteroatoms. The Kier molecular flexibility index (Phi) is 6.13. The van der Waals surface area contributed by atoms with Gasteiger partial charge in [-0.15, -0.1) is 0 Å². The quantitative estimate of drug-likeness (QED) is 0.729. The molecule has 0 radical (unpaired) electrons. The number of methoxy groups -OCH3 is 1. The highest BCUT2D eigenvalue weighted by molar-refractivity contribution is 6.33. The van der Waals surface area contributed by atoms with Crippen molar-refractivity contribution in [3.8, 4) is 0 Å². The Morgan fingerprint density at radius 1 is 1.24 bits per heavy atom. The van der Waals surface area contributed by atoms with E-state index in [9.17, 15) is 18.8 Å². The first kappa shape index (κ1) is 20.3. The van der Waals surface area contributed by atoms with Gasteiger partial charge in [0.25, 0.3) is 5.91 Å². The van der Waals surface area contributed by atoms with Crippen molar-refractivity contribution < 1.29 is 23.5 Å². The summed E-state index contributed by atoms with van der Waals surface area (Å²) in [5.74, 6) is -2.04. The molecule has 29 heavy (non-hydrogen) atoms. The number of halogens is 2. The number of carbonyl (C=O) groups excluding carboxylic acids is 3. The Morgan fingerprint density at radius 3 is 2.72 bits per heavy atom. The van der Waals surface area contributed by atoms with Crippen LogP contribution in [-0.2, 0) is 19.1 Å². The lowest BCUT2D eigenvalue weighted by molar-refractivity contribution is -0.139. The van der Waals surface area contributed by atoms with Gasteiger partial charge in [-0.1, -0.05) is 23.7 Å². The predicted molar refractivity (Wildman–Crippen MR) is 107 cm³/mol. The highest BCUT2D eigenvalue weighted by Crippen LogP contribution is 2.30. The molecule has 3 rings (SSSR count). The van der Waals surface area contributed by atoms with Crippen molar-refractivity contribution in [3.05, 3.63) is 65.1 Å². The van der Waals surface area contributed by atoms with E-state index in [1.165, 1.54) is 30.2 Å². The number of nitrogens with one attached hydrogen (secondary N) is 2. The number of rotatable bonds is 5. The first-order chi connectivity index (χ1) is 13.9. The first-order valence-electron chi connectivity index (χ1n) is 8.57. The van der Waals surface area contributed by atoms with E-state index in [2.05, 4.69) is 15.4 Å². The van der Waals surface area contributed by atoms with E-state index in [4.69, 9.17) is 11.6 Å². The Bertz CT molecular complexity index is 1010. The Balaban J connectivity index is 1.84. The fourth-order valence-corrected chi connectivity index (χ4v) is 2.99. The van der Waals surface area contributed by atoms with E-state index in [-0.39, 0.29) is 23.7 Å². The normalized spacial score (nSPS) is 13.0. The molecule has 2 N–H and O–H groups in total. The fourth-order valence-electron chi connectivity index (χ4n) is 2.78. The molecule has 0 aliphatic carbocycles. The number of hydrogen-bond donors (Lipinski definition) is 2. The van der Waals surface area contributed by atoms with Crippen LogP contribution in [0.3, 0.4) is 0 Å². The van der Waals surface area contributed by atoms with Crippen molar-refractivity contribution in [2.24, 2.45) is 0 Å². The highest BCUT2D eigenvalue weighted by Gasteiger charge is 2.25. The van der Waals surface area contributed by atoms with Crippen molar-refractivity contribution in [2.75, 3.05) is 29.2 Å². The van der Waals surface area contributed by atoms with Gasteiger partial charge in [0.15, 0.2) is 0 Å². The van der Waals surface area contributed by atoms with Crippen molar-refractivity contribution in [1.29, 1.82) is 0 Å². The van der Waals surface area contributed by atoms with E-state index in [0.29, 0.717) is 17.1 Å². The maximum absolute atomic E-state index is 13.2. The molecule has 2 aromatic rings. The Labute approximate surface area is 171 Å². The molecule has 2 amide bonds. The third kappa shape index (κ3) is 4.91. The number of carbonyl (C=O) groups is 3. The summed E-state index contributed by atoms with van der Waals surface area (Å²) in [5, 5.41) is 5.63. The lowest BCUT2D eigenvalue weighted by atomic mass is 10.2. The molecule has 0 saturated heterocycles. The minimum Gasteiger partial charge on any atom is -0.469 e. The number of para-hydroxylation sites is 2. The second kappa shape index (κ2) is 8.74.